The van der Waals surface area contributed by atoms with Crippen LogP contribution in [0.3, 0.4) is 0 Å². The minimum absolute atomic E-state index is 0.0512. The van der Waals surface area contributed by atoms with E-state index in [4.69, 9.17) is 0 Å². The molecule has 0 aromatic heterocycles. The monoisotopic (exact) mass is 322 g/mol. The Kier molecular flexibility index (Phi) is 6.14. The maximum Gasteiger partial charge on any atom is 0.130 e. The van der Waals surface area contributed by atoms with Crippen LogP contribution in [0.1, 0.15) is 13.3 Å². The lowest BCUT2D eigenvalue weighted by molar-refractivity contribution is 0.172. The molecule has 1 N–H and O–H groups in total. The first kappa shape index (κ1) is 17.5. The molecule has 0 saturated heterocycles. The van der Waals surface area contributed by atoms with Gasteiger partial charge in [-0.25, -0.2) is 0 Å². The normalized spacial score (nSPS) is 14.0. The van der Waals surface area contributed by atoms with E-state index >= 15 is 0 Å². The highest BCUT2D eigenvalue weighted by Crippen LogP contribution is 2.32. The topological polar surface area (TPSA) is 20.2 Å². The standard InChI is InChI=1S/C21H26OSi/c1-4-17-23(18-13-9-7-10-14-18,19-15-11-8-12-16-19)21(6-3)20(22)5-2/h4,6-16,20-22H,1,3,5,17H2,2H3/t20-,21+/m1/s1. The second kappa shape index (κ2) is 8.09. The van der Waals surface area contributed by atoms with E-state index in [0.717, 1.165) is 12.5 Å². The van der Waals surface area contributed by atoms with Crippen LogP contribution in [0.5, 0.6) is 0 Å². The maximum atomic E-state index is 10.7. The molecule has 2 aromatic rings. The molecule has 0 radical (unpaired) electrons. The fourth-order valence-electron chi connectivity index (χ4n) is 3.56. The van der Waals surface area contributed by atoms with Crippen molar-refractivity contribution in [1.29, 1.82) is 0 Å². The van der Waals surface area contributed by atoms with Crippen molar-refractivity contribution in [3.8, 4) is 0 Å². The molecule has 120 valence electrons. The van der Waals surface area contributed by atoms with Gasteiger partial charge in [-0.1, -0.05) is 90.1 Å². The van der Waals surface area contributed by atoms with Crippen LogP contribution in [-0.2, 0) is 0 Å². The van der Waals surface area contributed by atoms with E-state index in [1.165, 1.54) is 10.4 Å². The summed E-state index contributed by atoms with van der Waals surface area (Å²) in [6, 6.07) is 22.1. The highest BCUT2D eigenvalue weighted by Gasteiger charge is 2.44. The van der Waals surface area contributed by atoms with E-state index < -0.39 is 8.07 Å². The van der Waals surface area contributed by atoms with Gasteiger partial charge in [0.2, 0.25) is 0 Å². The molecule has 2 aromatic carbocycles. The summed E-state index contributed by atoms with van der Waals surface area (Å²) in [5.41, 5.74) is 0.0512. The Morgan fingerprint density at radius 3 is 1.78 bits per heavy atom. The number of rotatable bonds is 8. The molecule has 0 unspecified atom stereocenters. The zero-order valence-electron chi connectivity index (χ0n) is 13.9. The minimum atomic E-state index is -2.25. The summed E-state index contributed by atoms with van der Waals surface area (Å²) >= 11 is 0. The molecule has 0 amide bonds. The van der Waals surface area contributed by atoms with Crippen molar-refractivity contribution >= 4 is 18.4 Å². The predicted octanol–water partition coefficient (Wildman–Crippen LogP) is 3.76. The van der Waals surface area contributed by atoms with Gasteiger partial charge < -0.3 is 5.11 Å². The Morgan fingerprint density at radius 2 is 1.43 bits per heavy atom. The molecule has 0 heterocycles. The van der Waals surface area contributed by atoms with E-state index in [1.807, 2.05) is 31.2 Å². The van der Waals surface area contributed by atoms with Crippen LogP contribution in [0.4, 0.5) is 0 Å². The summed E-state index contributed by atoms with van der Waals surface area (Å²) in [6.07, 6.45) is 4.30. The van der Waals surface area contributed by atoms with Gasteiger partial charge in [0.25, 0.3) is 0 Å². The molecule has 0 spiro atoms. The van der Waals surface area contributed by atoms with Gasteiger partial charge in [0, 0.05) is 5.54 Å². The van der Waals surface area contributed by atoms with Crippen molar-refractivity contribution in [3.63, 3.8) is 0 Å². The SMILES string of the molecule is C=CC[Si](c1ccccc1)(c1ccccc1)[C@@H](C=C)[C@H](O)CC. The second-order valence-corrected chi connectivity index (χ2v) is 10.1. The third-order valence-electron chi connectivity index (χ3n) is 4.70. The van der Waals surface area contributed by atoms with E-state index in [1.54, 1.807) is 0 Å². The highest BCUT2D eigenvalue weighted by molar-refractivity contribution is 7.04. The van der Waals surface area contributed by atoms with Crippen LogP contribution in [0.25, 0.3) is 0 Å². The highest BCUT2D eigenvalue weighted by atomic mass is 28.3. The van der Waals surface area contributed by atoms with E-state index in [0.29, 0.717) is 0 Å². The lowest BCUT2D eigenvalue weighted by Crippen LogP contribution is -2.63. The molecule has 1 nitrogen and oxygen atoms in total. The summed E-state index contributed by atoms with van der Waals surface area (Å²) in [6.45, 7) is 10.1. The first-order valence-corrected chi connectivity index (χ1v) is 10.5. The zero-order chi connectivity index (χ0) is 16.7. The number of aliphatic hydroxyl groups is 1. The number of benzene rings is 2. The molecule has 23 heavy (non-hydrogen) atoms. The van der Waals surface area contributed by atoms with Crippen LogP contribution >= 0.6 is 0 Å². The van der Waals surface area contributed by atoms with E-state index in [2.05, 4.69) is 61.7 Å². The molecule has 0 fully saturated rings. The van der Waals surface area contributed by atoms with E-state index in [9.17, 15) is 5.11 Å². The van der Waals surface area contributed by atoms with Crippen LogP contribution < -0.4 is 10.4 Å². The van der Waals surface area contributed by atoms with Gasteiger partial charge in [0.1, 0.15) is 8.07 Å². The van der Waals surface area contributed by atoms with Gasteiger partial charge in [0.15, 0.2) is 0 Å². The van der Waals surface area contributed by atoms with Crippen molar-refractivity contribution in [1.82, 2.24) is 0 Å². The summed E-state index contributed by atoms with van der Waals surface area (Å²) in [4.78, 5) is 0. The molecule has 2 heteroatoms. The van der Waals surface area contributed by atoms with Gasteiger partial charge >= 0.3 is 0 Å². The maximum absolute atomic E-state index is 10.7. The van der Waals surface area contributed by atoms with Gasteiger partial charge in [-0.2, -0.15) is 0 Å². The number of hydrogen-bond donors (Lipinski definition) is 1. The van der Waals surface area contributed by atoms with Crippen LogP contribution in [0, 0.1) is 0 Å². The molecule has 0 aliphatic rings. The molecule has 0 bridgehead atoms. The third-order valence-corrected chi connectivity index (χ3v) is 10.1. The Balaban J connectivity index is 2.74. The number of hydrogen-bond acceptors (Lipinski definition) is 1. The van der Waals surface area contributed by atoms with Gasteiger partial charge in [-0.05, 0) is 12.5 Å². The fourth-order valence-corrected chi connectivity index (χ4v) is 8.73. The lowest BCUT2D eigenvalue weighted by Gasteiger charge is -2.40. The summed E-state index contributed by atoms with van der Waals surface area (Å²) in [5.74, 6) is 0. The van der Waals surface area contributed by atoms with Gasteiger partial charge in [0.05, 0.1) is 6.10 Å². The molecule has 0 saturated carbocycles. The zero-order valence-corrected chi connectivity index (χ0v) is 14.9. The lowest BCUT2D eigenvalue weighted by atomic mass is 10.2. The quantitative estimate of drug-likeness (QED) is 0.579. The van der Waals surface area contributed by atoms with E-state index in [-0.39, 0.29) is 11.6 Å². The van der Waals surface area contributed by atoms with Crippen molar-refractivity contribution in [2.24, 2.45) is 0 Å². The minimum Gasteiger partial charge on any atom is -0.393 e. The Morgan fingerprint density at radius 1 is 0.957 bits per heavy atom. The first-order chi connectivity index (χ1) is 11.2. The van der Waals surface area contributed by atoms with Crippen LogP contribution in [0.2, 0.25) is 11.6 Å². The summed E-state index contributed by atoms with van der Waals surface area (Å²) in [5, 5.41) is 13.4. The molecule has 0 aliphatic heterocycles. The van der Waals surface area contributed by atoms with Crippen molar-refractivity contribution in [2.45, 2.75) is 31.0 Å². The molecule has 0 aliphatic carbocycles. The largest absolute Gasteiger partial charge is 0.393 e. The van der Waals surface area contributed by atoms with Crippen LogP contribution in [-0.4, -0.2) is 19.3 Å². The van der Waals surface area contributed by atoms with Crippen LogP contribution in [0.15, 0.2) is 86.0 Å². The van der Waals surface area contributed by atoms with Crippen molar-refractivity contribution < 1.29 is 5.11 Å². The predicted molar refractivity (Wildman–Crippen MR) is 103 cm³/mol. The summed E-state index contributed by atoms with van der Waals surface area (Å²) < 4.78 is 0. The fraction of sp³-hybridized carbons (Fsp3) is 0.238. The average molecular weight is 323 g/mol. The average Bonchev–Trinajstić information content (AvgIpc) is 2.62. The second-order valence-electron chi connectivity index (χ2n) is 5.93. The number of allylic oxidation sites excluding steroid dienone is 1. The van der Waals surface area contributed by atoms with Crippen molar-refractivity contribution in [2.75, 3.05) is 0 Å². The smallest absolute Gasteiger partial charge is 0.130 e. The first-order valence-electron chi connectivity index (χ1n) is 8.23. The third kappa shape index (κ3) is 3.38. The molecule has 2 atom stereocenters. The Hall–Kier alpha value is -1.90. The number of aliphatic hydroxyl groups excluding tert-OH is 1. The van der Waals surface area contributed by atoms with Gasteiger partial charge in [-0.3, -0.25) is 0 Å². The Labute approximate surface area is 141 Å². The molecule has 2 rings (SSSR count). The Bertz CT molecular complexity index is 581. The van der Waals surface area contributed by atoms with Crippen molar-refractivity contribution in [3.05, 3.63) is 86.0 Å². The molecular formula is C21H26OSi. The van der Waals surface area contributed by atoms with Gasteiger partial charge in [-0.15, -0.1) is 13.2 Å². The summed E-state index contributed by atoms with van der Waals surface area (Å²) in [7, 11) is -2.25. The molecular weight excluding hydrogens is 296 g/mol.